The first-order valence-electron chi connectivity index (χ1n) is 5.07. The summed E-state index contributed by atoms with van der Waals surface area (Å²) in [6.07, 6.45) is 8.06. The molecule has 0 saturated heterocycles. The first-order chi connectivity index (χ1) is 6.92. The fourth-order valence-corrected chi connectivity index (χ4v) is 1.99. The zero-order chi connectivity index (χ0) is 9.80. The second-order valence-corrected chi connectivity index (χ2v) is 3.66. The van der Waals surface area contributed by atoms with Gasteiger partial charge < -0.3 is 0 Å². The molecular weight excluding hydrogens is 170 g/mol. The van der Waals surface area contributed by atoms with Gasteiger partial charge in [0.2, 0.25) is 0 Å². The fourth-order valence-electron chi connectivity index (χ4n) is 1.99. The highest BCUT2D eigenvalue weighted by atomic mass is 14.3. The average Bonchev–Trinajstić information content (AvgIpc) is 2.30. The van der Waals surface area contributed by atoms with Crippen LogP contribution in [-0.4, -0.2) is 0 Å². The van der Waals surface area contributed by atoms with Gasteiger partial charge in [-0.15, -0.1) is 0 Å². The van der Waals surface area contributed by atoms with Gasteiger partial charge in [-0.25, -0.2) is 0 Å². The van der Waals surface area contributed by atoms with E-state index < -0.39 is 0 Å². The Bertz CT molecular complexity index is 384. The monoisotopic (exact) mass is 183 g/mol. The summed E-state index contributed by atoms with van der Waals surface area (Å²) in [5.41, 5.74) is 2.01. The van der Waals surface area contributed by atoms with Crippen LogP contribution in [0.2, 0.25) is 0 Å². The minimum atomic E-state index is 0.458. The Morgan fingerprint density at radius 1 is 1.29 bits per heavy atom. The van der Waals surface area contributed by atoms with Crippen LogP contribution in [0.4, 0.5) is 0 Å². The summed E-state index contributed by atoms with van der Waals surface area (Å²) in [6.45, 7) is 0. The van der Waals surface area contributed by atoms with E-state index in [1.807, 2.05) is 18.2 Å². The van der Waals surface area contributed by atoms with E-state index in [1.165, 1.54) is 24.8 Å². The molecule has 1 aromatic carbocycles. The number of nitriles is 1. The molecule has 0 aliphatic heterocycles. The summed E-state index contributed by atoms with van der Waals surface area (Å²) >= 11 is 0. The normalized spacial score (nSPS) is 20.4. The first-order valence-corrected chi connectivity index (χ1v) is 5.07. The number of allylic oxidation sites excluding steroid dienone is 2. The van der Waals surface area contributed by atoms with Crippen LogP contribution in [-0.2, 0) is 0 Å². The van der Waals surface area contributed by atoms with Gasteiger partial charge in [0.1, 0.15) is 0 Å². The quantitative estimate of drug-likeness (QED) is 0.612. The SMILES string of the molecule is N#Cc1ccccc1C1C=CCCC1. The molecule has 0 amide bonds. The van der Waals surface area contributed by atoms with Crippen LogP contribution in [0.3, 0.4) is 0 Å². The minimum Gasteiger partial charge on any atom is -0.192 e. The molecular formula is C13H13N. The van der Waals surface area contributed by atoms with Crippen molar-refractivity contribution < 1.29 is 0 Å². The smallest absolute Gasteiger partial charge is 0.0994 e. The van der Waals surface area contributed by atoms with E-state index in [0.29, 0.717) is 5.92 Å². The van der Waals surface area contributed by atoms with Crippen molar-refractivity contribution >= 4 is 0 Å². The largest absolute Gasteiger partial charge is 0.192 e. The minimum absolute atomic E-state index is 0.458. The molecule has 0 saturated carbocycles. The van der Waals surface area contributed by atoms with E-state index in [4.69, 9.17) is 5.26 Å². The van der Waals surface area contributed by atoms with Gasteiger partial charge in [0, 0.05) is 5.92 Å². The maximum absolute atomic E-state index is 8.97. The Morgan fingerprint density at radius 2 is 2.14 bits per heavy atom. The number of hydrogen-bond acceptors (Lipinski definition) is 1. The molecule has 1 heteroatoms. The van der Waals surface area contributed by atoms with E-state index in [-0.39, 0.29) is 0 Å². The Labute approximate surface area is 84.7 Å². The summed E-state index contributed by atoms with van der Waals surface area (Å²) in [4.78, 5) is 0. The van der Waals surface area contributed by atoms with Crippen LogP contribution >= 0.6 is 0 Å². The van der Waals surface area contributed by atoms with E-state index in [1.54, 1.807) is 0 Å². The molecule has 1 nitrogen and oxygen atoms in total. The third kappa shape index (κ3) is 1.70. The lowest BCUT2D eigenvalue weighted by atomic mass is 9.87. The van der Waals surface area contributed by atoms with Crippen LogP contribution < -0.4 is 0 Å². The van der Waals surface area contributed by atoms with Gasteiger partial charge in [-0.1, -0.05) is 30.4 Å². The van der Waals surface area contributed by atoms with E-state index in [2.05, 4.69) is 24.3 Å². The molecule has 1 unspecified atom stereocenters. The Balaban J connectivity index is 2.35. The van der Waals surface area contributed by atoms with Gasteiger partial charge in [0.05, 0.1) is 11.6 Å². The van der Waals surface area contributed by atoms with Crippen LogP contribution in [0.25, 0.3) is 0 Å². The summed E-state index contributed by atoms with van der Waals surface area (Å²) in [6, 6.07) is 10.2. The number of benzene rings is 1. The van der Waals surface area contributed by atoms with E-state index >= 15 is 0 Å². The van der Waals surface area contributed by atoms with E-state index in [0.717, 1.165) is 5.56 Å². The van der Waals surface area contributed by atoms with E-state index in [9.17, 15) is 0 Å². The van der Waals surface area contributed by atoms with Crippen molar-refractivity contribution in [2.24, 2.45) is 0 Å². The average molecular weight is 183 g/mol. The van der Waals surface area contributed by atoms with Gasteiger partial charge in [-0.3, -0.25) is 0 Å². The lowest BCUT2D eigenvalue weighted by Gasteiger charge is -2.17. The Hall–Kier alpha value is -1.55. The molecule has 14 heavy (non-hydrogen) atoms. The maximum Gasteiger partial charge on any atom is 0.0994 e. The van der Waals surface area contributed by atoms with Gasteiger partial charge in [-0.05, 0) is 30.9 Å². The van der Waals surface area contributed by atoms with Gasteiger partial charge in [0.25, 0.3) is 0 Å². The summed E-state index contributed by atoms with van der Waals surface area (Å²) in [7, 11) is 0. The van der Waals surface area contributed by atoms with Crippen LogP contribution in [0.5, 0.6) is 0 Å². The van der Waals surface area contributed by atoms with Gasteiger partial charge in [-0.2, -0.15) is 5.26 Å². The highest BCUT2D eigenvalue weighted by Crippen LogP contribution is 2.29. The number of rotatable bonds is 1. The predicted octanol–water partition coefficient (Wildman–Crippen LogP) is 3.38. The zero-order valence-corrected chi connectivity index (χ0v) is 8.11. The summed E-state index contributed by atoms with van der Waals surface area (Å²) in [5, 5.41) is 8.97. The molecule has 2 rings (SSSR count). The molecule has 0 radical (unpaired) electrons. The number of nitrogens with zero attached hydrogens (tertiary/aromatic N) is 1. The predicted molar refractivity (Wildman–Crippen MR) is 56.9 cm³/mol. The molecule has 1 aliphatic carbocycles. The topological polar surface area (TPSA) is 23.8 Å². The molecule has 1 aliphatic rings. The van der Waals surface area contributed by atoms with Crippen molar-refractivity contribution in [3.63, 3.8) is 0 Å². The van der Waals surface area contributed by atoms with Crippen LogP contribution in [0.15, 0.2) is 36.4 Å². The highest BCUT2D eigenvalue weighted by molar-refractivity contribution is 5.41. The summed E-state index contributed by atoms with van der Waals surface area (Å²) in [5.74, 6) is 0.458. The zero-order valence-electron chi connectivity index (χ0n) is 8.11. The molecule has 1 atom stereocenters. The molecule has 0 N–H and O–H groups in total. The van der Waals surface area contributed by atoms with Crippen molar-refractivity contribution in [3.8, 4) is 6.07 Å². The van der Waals surface area contributed by atoms with Gasteiger partial charge >= 0.3 is 0 Å². The molecule has 0 heterocycles. The second-order valence-electron chi connectivity index (χ2n) is 3.66. The lowest BCUT2D eigenvalue weighted by Crippen LogP contribution is -2.01. The Morgan fingerprint density at radius 3 is 2.86 bits per heavy atom. The number of hydrogen-bond donors (Lipinski definition) is 0. The van der Waals surface area contributed by atoms with Crippen molar-refractivity contribution in [1.29, 1.82) is 5.26 Å². The van der Waals surface area contributed by atoms with Crippen molar-refractivity contribution in [2.75, 3.05) is 0 Å². The molecule has 0 bridgehead atoms. The van der Waals surface area contributed by atoms with Gasteiger partial charge in [0.15, 0.2) is 0 Å². The molecule has 0 fully saturated rings. The first kappa shape index (κ1) is 9.02. The molecule has 0 aromatic heterocycles. The lowest BCUT2D eigenvalue weighted by molar-refractivity contribution is 0.653. The molecule has 0 spiro atoms. The van der Waals surface area contributed by atoms with Crippen molar-refractivity contribution in [2.45, 2.75) is 25.2 Å². The third-order valence-corrected chi connectivity index (χ3v) is 2.74. The van der Waals surface area contributed by atoms with Crippen molar-refractivity contribution in [3.05, 3.63) is 47.5 Å². The maximum atomic E-state index is 8.97. The van der Waals surface area contributed by atoms with Crippen LogP contribution in [0, 0.1) is 11.3 Å². The Kier molecular flexibility index (Phi) is 2.65. The fraction of sp³-hybridized carbons (Fsp3) is 0.308. The highest BCUT2D eigenvalue weighted by Gasteiger charge is 2.13. The standard InChI is InChI=1S/C13H13N/c14-10-12-8-4-5-9-13(12)11-6-2-1-3-7-11/h2,4-6,8-9,11H,1,3,7H2. The third-order valence-electron chi connectivity index (χ3n) is 2.74. The second kappa shape index (κ2) is 4.11. The van der Waals surface area contributed by atoms with Crippen molar-refractivity contribution in [1.82, 2.24) is 0 Å². The molecule has 70 valence electrons. The van der Waals surface area contributed by atoms with Crippen LogP contribution in [0.1, 0.15) is 36.3 Å². The molecule has 1 aromatic rings. The summed E-state index contributed by atoms with van der Waals surface area (Å²) < 4.78 is 0.